The van der Waals surface area contributed by atoms with Crippen molar-refractivity contribution >= 4 is 17.1 Å². The molecule has 1 amide bonds. The minimum absolute atomic E-state index is 0.00189. The second-order valence-electron chi connectivity index (χ2n) is 10.2. The topological polar surface area (TPSA) is 84.8 Å². The van der Waals surface area contributed by atoms with Gasteiger partial charge in [-0.25, -0.2) is 9.78 Å². The summed E-state index contributed by atoms with van der Waals surface area (Å²) < 4.78 is 11.8. The third-order valence-electron chi connectivity index (χ3n) is 8.03. The zero-order valence-corrected chi connectivity index (χ0v) is 20.3. The van der Waals surface area contributed by atoms with Crippen LogP contribution in [-0.4, -0.2) is 58.0 Å². The number of amides is 1. The number of aromatic nitrogens is 2. The van der Waals surface area contributed by atoms with E-state index < -0.39 is 5.60 Å². The Morgan fingerprint density at radius 3 is 2.19 bits per heavy atom. The molecule has 1 aromatic heterocycles. The van der Waals surface area contributed by atoms with Crippen molar-refractivity contribution in [3.63, 3.8) is 0 Å². The van der Waals surface area contributed by atoms with Gasteiger partial charge in [0.25, 0.3) is 0 Å². The van der Waals surface area contributed by atoms with Crippen molar-refractivity contribution in [3.05, 3.63) is 95.8 Å². The first-order valence-corrected chi connectivity index (χ1v) is 12.8. The Morgan fingerprint density at radius 1 is 0.919 bits per heavy atom. The van der Waals surface area contributed by atoms with Crippen molar-refractivity contribution < 1.29 is 19.4 Å². The molecule has 0 saturated carbocycles. The van der Waals surface area contributed by atoms with E-state index in [1.54, 1.807) is 11.1 Å². The molecular weight excluding hydrogens is 466 g/mol. The number of nitrogens with zero attached hydrogens (tertiary/aromatic N) is 3. The van der Waals surface area contributed by atoms with Crippen molar-refractivity contribution in [2.45, 2.75) is 36.4 Å². The molecule has 2 bridgehead atoms. The molecule has 7 nitrogen and oxygen atoms in total. The van der Waals surface area contributed by atoms with Crippen LogP contribution >= 0.6 is 0 Å². The Kier molecular flexibility index (Phi) is 5.23. The first kappa shape index (κ1) is 22.4. The van der Waals surface area contributed by atoms with Crippen molar-refractivity contribution in [2.24, 2.45) is 0 Å². The summed E-state index contributed by atoms with van der Waals surface area (Å²) in [6, 6.07) is 23.6. The lowest BCUT2D eigenvalue weighted by Gasteiger charge is -2.50. The fraction of sp³-hybridized carbons (Fsp3) is 0.300. The number of para-hydroxylation sites is 2. The number of morpholine rings is 1. The van der Waals surface area contributed by atoms with E-state index in [0.717, 1.165) is 11.0 Å². The molecule has 1 N–H and O–H groups in total. The highest BCUT2D eigenvalue weighted by molar-refractivity contribution is 5.79. The lowest BCUT2D eigenvalue weighted by Crippen LogP contribution is -2.62. The molecular formula is C30H27N3O4. The molecule has 2 fully saturated rings. The monoisotopic (exact) mass is 493 g/mol. The van der Waals surface area contributed by atoms with E-state index in [4.69, 9.17) is 14.5 Å². The SMILES string of the molecule is O=C(OCC1c2ccccc2-c2ccccc21)N1C2COCC1CC(O)(c1cnc3ccccc3n1)C2. The maximum absolute atomic E-state index is 13.5. The summed E-state index contributed by atoms with van der Waals surface area (Å²) >= 11 is 0. The van der Waals surface area contributed by atoms with Crippen LogP contribution in [0.5, 0.6) is 0 Å². The van der Waals surface area contributed by atoms with Crippen molar-refractivity contribution in [2.75, 3.05) is 19.8 Å². The number of ether oxygens (including phenoxy) is 2. The van der Waals surface area contributed by atoms with Gasteiger partial charge in [-0.05, 0) is 34.4 Å². The van der Waals surface area contributed by atoms with Crippen LogP contribution in [0.15, 0.2) is 79.0 Å². The normalized spacial score (nSPS) is 24.5. The van der Waals surface area contributed by atoms with Crippen LogP contribution in [0.3, 0.4) is 0 Å². The quantitative estimate of drug-likeness (QED) is 0.448. The van der Waals surface area contributed by atoms with Crippen molar-refractivity contribution in [3.8, 4) is 11.1 Å². The van der Waals surface area contributed by atoms with E-state index in [9.17, 15) is 9.90 Å². The molecule has 4 aromatic rings. The van der Waals surface area contributed by atoms with Gasteiger partial charge in [0.15, 0.2) is 0 Å². The Labute approximate surface area is 214 Å². The van der Waals surface area contributed by atoms with Crippen molar-refractivity contribution in [1.29, 1.82) is 0 Å². The van der Waals surface area contributed by atoms with Gasteiger partial charge in [-0.2, -0.15) is 0 Å². The standard InChI is InChI=1S/C30H27N3O4/c34-29(37-18-25-23-9-3-1-7-21(23)22-8-2-4-10-24(22)25)33-19-13-30(35,14-20(33)17-36-16-19)28-15-31-26-11-5-6-12-27(26)32-28/h1-12,15,19-20,25,35H,13-14,16-18H2. The summed E-state index contributed by atoms with van der Waals surface area (Å²) in [5.74, 6) is 0.00189. The molecule has 186 valence electrons. The second kappa shape index (κ2) is 8.64. The zero-order valence-electron chi connectivity index (χ0n) is 20.3. The average molecular weight is 494 g/mol. The zero-order chi connectivity index (χ0) is 25.0. The minimum atomic E-state index is -1.18. The van der Waals surface area contributed by atoms with Gasteiger partial charge in [0.05, 0.1) is 48.2 Å². The second-order valence-corrected chi connectivity index (χ2v) is 10.2. The summed E-state index contributed by atoms with van der Waals surface area (Å²) in [7, 11) is 0. The molecule has 2 aliphatic heterocycles. The smallest absolute Gasteiger partial charge is 0.410 e. The average Bonchev–Trinajstić information content (AvgIpc) is 3.24. The van der Waals surface area contributed by atoms with Gasteiger partial charge in [-0.1, -0.05) is 60.7 Å². The Balaban J connectivity index is 1.11. The Hall–Kier alpha value is -3.81. The van der Waals surface area contributed by atoms with Gasteiger partial charge >= 0.3 is 6.09 Å². The highest BCUT2D eigenvalue weighted by Gasteiger charge is 2.50. The van der Waals surface area contributed by atoms with E-state index in [-0.39, 0.29) is 30.7 Å². The van der Waals surface area contributed by atoms with Crippen LogP contribution in [0, 0.1) is 0 Å². The lowest BCUT2D eigenvalue weighted by molar-refractivity contribution is -0.137. The number of carbonyl (C=O) groups excluding carboxylic acids is 1. The molecule has 3 heterocycles. The highest BCUT2D eigenvalue weighted by Crippen LogP contribution is 2.45. The fourth-order valence-electron chi connectivity index (χ4n) is 6.33. The predicted molar refractivity (Wildman–Crippen MR) is 138 cm³/mol. The molecule has 7 heteroatoms. The van der Waals surface area contributed by atoms with Crippen LogP contribution in [-0.2, 0) is 15.1 Å². The van der Waals surface area contributed by atoms with Crippen molar-refractivity contribution in [1.82, 2.24) is 14.9 Å². The fourth-order valence-corrected chi connectivity index (χ4v) is 6.33. The number of benzene rings is 3. The van der Waals surface area contributed by atoms with Crippen LogP contribution in [0.25, 0.3) is 22.2 Å². The van der Waals surface area contributed by atoms with Gasteiger partial charge in [-0.15, -0.1) is 0 Å². The molecule has 2 unspecified atom stereocenters. The molecule has 0 spiro atoms. The maximum Gasteiger partial charge on any atom is 0.410 e. The third-order valence-corrected chi connectivity index (χ3v) is 8.03. The number of hydrogen-bond acceptors (Lipinski definition) is 6. The van der Waals surface area contributed by atoms with Crippen LogP contribution in [0.4, 0.5) is 4.79 Å². The number of carbonyl (C=O) groups is 1. The number of piperidine rings is 1. The molecule has 7 rings (SSSR count). The Bertz CT molecular complexity index is 1450. The molecule has 2 saturated heterocycles. The number of rotatable bonds is 3. The molecule has 0 radical (unpaired) electrons. The summed E-state index contributed by atoms with van der Waals surface area (Å²) in [5, 5.41) is 11.7. The van der Waals surface area contributed by atoms with E-state index >= 15 is 0 Å². The predicted octanol–water partition coefficient (Wildman–Crippen LogP) is 4.63. The largest absolute Gasteiger partial charge is 0.448 e. The van der Waals surface area contributed by atoms with E-state index in [1.165, 1.54) is 22.3 Å². The molecule has 1 aliphatic carbocycles. The van der Waals surface area contributed by atoms with Gasteiger partial charge in [0.2, 0.25) is 0 Å². The maximum atomic E-state index is 13.5. The van der Waals surface area contributed by atoms with E-state index in [1.807, 2.05) is 48.5 Å². The Morgan fingerprint density at radius 2 is 1.51 bits per heavy atom. The summed E-state index contributed by atoms with van der Waals surface area (Å²) in [5.41, 5.74) is 5.65. The summed E-state index contributed by atoms with van der Waals surface area (Å²) in [4.78, 5) is 24.4. The van der Waals surface area contributed by atoms with Gasteiger partial charge in [0.1, 0.15) is 12.2 Å². The van der Waals surface area contributed by atoms with Crippen LogP contribution in [0.2, 0.25) is 0 Å². The molecule has 3 aromatic carbocycles. The highest BCUT2D eigenvalue weighted by atomic mass is 16.6. The first-order valence-electron chi connectivity index (χ1n) is 12.8. The molecule has 37 heavy (non-hydrogen) atoms. The molecule has 3 aliphatic rings. The van der Waals surface area contributed by atoms with Gasteiger partial charge < -0.3 is 14.6 Å². The third kappa shape index (κ3) is 3.69. The number of aliphatic hydroxyl groups is 1. The van der Waals surface area contributed by atoms with E-state index in [2.05, 4.69) is 29.2 Å². The summed E-state index contributed by atoms with van der Waals surface area (Å²) in [6.07, 6.45) is 1.94. The molecule has 2 atom stereocenters. The van der Waals surface area contributed by atoms with Gasteiger partial charge in [0, 0.05) is 18.8 Å². The van der Waals surface area contributed by atoms with E-state index in [0.29, 0.717) is 31.7 Å². The van der Waals surface area contributed by atoms with Crippen LogP contribution in [0.1, 0.15) is 35.6 Å². The lowest BCUT2D eigenvalue weighted by atomic mass is 9.79. The number of hydrogen-bond donors (Lipinski definition) is 1. The first-order chi connectivity index (χ1) is 18.1. The van der Waals surface area contributed by atoms with Gasteiger partial charge in [-0.3, -0.25) is 9.88 Å². The van der Waals surface area contributed by atoms with Crippen LogP contribution < -0.4 is 0 Å². The minimum Gasteiger partial charge on any atom is -0.448 e. The summed E-state index contributed by atoms with van der Waals surface area (Å²) in [6.45, 7) is 0.970. The number of fused-ring (bicyclic) bond motifs is 6.